The van der Waals surface area contributed by atoms with Crippen LogP contribution in [0.15, 0.2) is 22.8 Å². The SMILES string of the molecule is CCCc1nc(-c2ccco2)sc1C(C)N. The summed E-state index contributed by atoms with van der Waals surface area (Å²) in [5.41, 5.74) is 7.07. The predicted molar refractivity (Wildman–Crippen MR) is 66.4 cm³/mol. The topological polar surface area (TPSA) is 52.0 Å². The van der Waals surface area contributed by atoms with Crippen molar-refractivity contribution in [2.24, 2.45) is 5.73 Å². The Balaban J connectivity index is 2.38. The number of thiazole rings is 1. The van der Waals surface area contributed by atoms with Gasteiger partial charge in [0.1, 0.15) is 0 Å². The van der Waals surface area contributed by atoms with Crippen LogP contribution >= 0.6 is 11.3 Å². The van der Waals surface area contributed by atoms with E-state index in [-0.39, 0.29) is 6.04 Å². The number of rotatable bonds is 4. The van der Waals surface area contributed by atoms with E-state index in [9.17, 15) is 0 Å². The Kier molecular flexibility index (Phi) is 3.41. The third-order valence-corrected chi connectivity index (χ3v) is 3.67. The minimum Gasteiger partial charge on any atom is -0.462 e. The minimum absolute atomic E-state index is 0.0442. The van der Waals surface area contributed by atoms with Gasteiger partial charge in [-0.25, -0.2) is 4.98 Å². The van der Waals surface area contributed by atoms with Crippen LogP contribution in [0.4, 0.5) is 0 Å². The van der Waals surface area contributed by atoms with Gasteiger partial charge in [-0.15, -0.1) is 11.3 Å². The summed E-state index contributed by atoms with van der Waals surface area (Å²) in [7, 11) is 0. The fraction of sp³-hybridized carbons (Fsp3) is 0.417. The first-order valence-corrected chi connectivity index (χ1v) is 6.33. The molecule has 0 aliphatic rings. The highest BCUT2D eigenvalue weighted by Gasteiger charge is 2.15. The number of aryl methyl sites for hydroxylation is 1. The summed E-state index contributed by atoms with van der Waals surface area (Å²) in [6.45, 7) is 4.15. The lowest BCUT2D eigenvalue weighted by molar-refractivity contribution is 0.581. The second kappa shape index (κ2) is 4.80. The Hall–Kier alpha value is -1.13. The molecule has 2 N–H and O–H groups in total. The minimum atomic E-state index is 0.0442. The van der Waals surface area contributed by atoms with Gasteiger partial charge in [0.2, 0.25) is 0 Å². The first-order valence-electron chi connectivity index (χ1n) is 5.51. The maximum absolute atomic E-state index is 5.95. The van der Waals surface area contributed by atoms with Gasteiger partial charge in [0, 0.05) is 10.9 Å². The van der Waals surface area contributed by atoms with Crippen molar-refractivity contribution in [1.29, 1.82) is 0 Å². The van der Waals surface area contributed by atoms with E-state index in [4.69, 9.17) is 10.2 Å². The Morgan fingerprint density at radius 1 is 1.56 bits per heavy atom. The van der Waals surface area contributed by atoms with Gasteiger partial charge in [-0.3, -0.25) is 0 Å². The van der Waals surface area contributed by atoms with Gasteiger partial charge in [0.15, 0.2) is 10.8 Å². The van der Waals surface area contributed by atoms with Gasteiger partial charge in [-0.2, -0.15) is 0 Å². The normalized spacial score (nSPS) is 12.9. The van der Waals surface area contributed by atoms with Gasteiger partial charge in [0.25, 0.3) is 0 Å². The molecule has 86 valence electrons. The van der Waals surface area contributed by atoms with E-state index in [1.54, 1.807) is 17.6 Å². The third-order valence-electron chi connectivity index (χ3n) is 2.36. The van der Waals surface area contributed by atoms with Crippen LogP contribution < -0.4 is 5.73 Å². The molecule has 2 aromatic heterocycles. The van der Waals surface area contributed by atoms with Crippen molar-refractivity contribution >= 4 is 11.3 Å². The highest BCUT2D eigenvalue weighted by molar-refractivity contribution is 7.15. The van der Waals surface area contributed by atoms with E-state index >= 15 is 0 Å². The molecule has 0 aliphatic carbocycles. The molecule has 0 spiro atoms. The molecular weight excluding hydrogens is 220 g/mol. The molecule has 1 unspecified atom stereocenters. The number of hydrogen-bond acceptors (Lipinski definition) is 4. The molecule has 0 aromatic carbocycles. The van der Waals surface area contributed by atoms with E-state index in [2.05, 4.69) is 11.9 Å². The molecule has 4 heteroatoms. The quantitative estimate of drug-likeness (QED) is 0.885. The molecule has 16 heavy (non-hydrogen) atoms. The van der Waals surface area contributed by atoms with Crippen molar-refractivity contribution in [3.63, 3.8) is 0 Å². The van der Waals surface area contributed by atoms with E-state index < -0.39 is 0 Å². The molecule has 2 heterocycles. The molecular formula is C12H16N2OS. The zero-order valence-corrected chi connectivity index (χ0v) is 10.4. The third kappa shape index (κ3) is 2.18. The molecule has 0 fully saturated rings. The smallest absolute Gasteiger partial charge is 0.162 e. The van der Waals surface area contributed by atoms with Gasteiger partial charge in [-0.1, -0.05) is 13.3 Å². The summed E-state index contributed by atoms with van der Waals surface area (Å²) in [6.07, 6.45) is 3.73. The maximum Gasteiger partial charge on any atom is 0.162 e. The van der Waals surface area contributed by atoms with Crippen LogP contribution in [0.5, 0.6) is 0 Å². The van der Waals surface area contributed by atoms with Crippen molar-refractivity contribution in [3.8, 4) is 10.8 Å². The zero-order chi connectivity index (χ0) is 11.5. The lowest BCUT2D eigenvalue weighted by Gasteiger charge is -2.03. The molecule has 2 rings (SSSR count). The van der Waals surface area contributed by atoms with Crippen LogP contribution in [0.2, 0.25) is 0 Å². The Morgan fingerprint density at radius 3 is 2.94 bits per heavy atom. The molecule has 2 aromatic rings. The number of nitrogens with zero attached hydrogens (tertiary/aromatic N) is 1. The van der Waals surface area contributed by atoms with Crippen molar-refractivity contribution in [2.75, 3.05) is 0 Å². The van der Waals surface area contributed by atoms with Crippen molar-refractivity contribution in [1.82, 2.24) is 4.98 Å². The average Bonchev–Trinajstić information content (AvgIpc) is 2.83. The first kappa shape index (κ1) is 11.4. The maximum atomic E-state index is 5.95. The molecule has 0 bridgehead atoms. The van der Waals surface area contributed by atoms with E-state index in [0.29, 0.717) is 0 Å². The fourth-order valence-corrected chi connectivity index (χ4v) is 2.67. The molecule has 0 saturated heterocycles. The van der Waals surface area contributed by atoms with Gasteiger partial charge in [-0.05, 0) is 25.5 Å². The van der Waals surface area contributed by atoms with Crippen LogP contribution in [0, 0.1) is 0 Å². The number of nitrogens with two attached hydrogens (primary N) is 1. The Bertz CT molecular complexity index is 446. The summed E-state index contributed by atoms with van der Waals surface area (Å²) in [4.78, 5) is 5.78. The molecule has 0 amide bonds. The largest absolute Gasteiger partial charge is 0.462 e. The highest BCUT2D eigenvalue weighted by Crippen LogP contribution is 2.32. The first-order chi connectivity index (χ1) is 7.72. The molecule has 0 aliphatic heterocycles. The average molecular weight is 236 g/mol. The molecule has 0 radical (unpaired) electrons. The lowest BCUT2D eigenvalue weighted by Crippen LogP contribution is -2.05. The highest BCUT2D eigenvalue weighted by atomic mass is 32.1. The number of furan rings is 1. The standard InChI is InChI=1S/C12H16N2OS/c1-3-5-9-11(8(2)13)16-12(14-9)10-6-4-7-15-10/h4,6-8H,3,5,13H2,1-2H3. The van der Waals surface area contributed by atoms with E-state index in [1.165, 1.54) is 4.88 Å². The van der Waals surface area contributed by atoms with Gasteiger partial charge < -0.3 is 10.2 Å². The predicted octanol–water partition coefficient (Wildman–Crippen LogP) is 3.38. The number of hydrogen-bond donors (Lipinski definition) is 1. The summed E-state index contributed by atoms with van der Waals surface area (Å²) < 4.78 is 5.35. The monoisotopic (exact) mass is 236 g/mol. The molecule has 0 saturated carbocycles. The summed E-state index contributed by atoms with van der Waals surface area (Å²) >= 11 is 1.64. The van der Waals surface area contributed by atoms with Crippen LogP contribution in [-0.4, -0.2) is 4.98 Å². The van der Waals surface area contributed by atoms with Crippen LogP contribution in [0.3, 0.4) is 0 Å². The van der Waals surface area contributed by atoms with Crippen LogP contribution in [-0.2, 0) is 6.42 Å². The van der Waals surface area contributed by atoms with Gasteiger partial charge in [0.05, 0.1) is 12.0 Å². The van der Waals surface area contributed by atoms with Crippen LogP contribution in [0.25, 0.3) is 10.8 Å². The van der Waals surface area contributed by atoms with Gasteiger partial charge >= 0.3 is 0 Å². The number of aromatic nitrogens is 1. The van der Waals surface area contributed by atoms with E-state index in [0.717, 1.165) is 29.3 Å². The summed E-state index contributed by atoms with van der Waals surface area (Å²) in [5, 5.41) is 0.931. The second-order valence-corrected chi connectivity index (χ2v) is 4.88. The van der Waals surface area contributed by atoms with E-state index in [1.807, 2.05) is 19.1 Å². The van der Waals surface area contributed by atoms with Crippen molar-refractivity contribution in [3.05, 3.63) is 29.0 Å². The summed E-state index contributed by atoms with van der Waals surface area (Å²) in [6, 6.07) is 3.85. The molecule has 3 nitrogen and oxygen atoms in total. The zero-order valence-electron chi connectivity index (χ0n) is 9.56. The second-order valence-electron chi connectivity index (χ2n) is 3.85. The van der Waals surface area contributed by atoms with Crippen molar-refractivity contribution in [2.45, 2.75) is 32.7 Å². The fourth-order valence-electron chi connectivity index (χ4n) is 1.64. The Morgan fingerprint density at radius 2 is 2.38 bits per heavy atom. The van der Waals surface area contributed by atoms with Crippen LogP contribution in [0.1, 0.15) is 36.9 Å². The summed E-state index contributed by atoms with van der Waals surface area (Å²) in [5.74, 6) is 0.828. The Labute approximate surface area is 99.3 Å². The molecule has 1 atom stereocenters. The lowest BCUT2D eigenvalue weighted by atomic mass is 10.2. The van der Waals surface area contributed by atoms with Crippen molar-refractivity contribution < 1.29 is 4.42 Å².